The molecule has 0 spiro atoms. The maximum Gasteiger partial charge on any atom is 0.123 e. The molecule has 2 rings (SSSR count). The van der Waals surface area contributed by atoms with Crippen molar-refractivity contribution in [1.29, 1.82) is 0 Å². The Kier molecular flexibility index (Phi) is 2.49. The Balaban J connectivity index is 2.56. The lowest BCUT2D eigenvalue weighted by atomic mass is 9.97. The maximum atomic E-state index is 13.1. The highest BCUT2D eigenvalue weighted by molar-refractivity contribution is 5.83. The number of H-pyrrole nitrogens is 1. The molecule has 2 nitrogen and oxygen atoms in total. The Morgan fingerprint density at radius 2 is 2.07 bits per heavy atom. The first-order chi connectivity index (χ1) is 7.09. The Labute approximate surface area is 88.3 Å². The average molecular weight is 206 g/mol. The number of hydrogen-bond donors (Lipinski definition) is 2. The predicted molar refractivity (Wildman–Crippen MR) is 60.0 cm³/mol. The van der Waals surface area contributed by atoms with Crippen molar-refractivity contribution in [2.75, 3.05) is 0 Å². The maximum absolute atomic E-state index is 13.1. The van der Waals surface area contributed by atoms with Gasteiger partial charge < -0.3 is 10.7 Å². The van der Waals surface area contributed by atoms with Gasteiger partial charge in [-0.25, -0.2) is 4.39 Å². The lowest BCUT2D eigenvalue weighted by molar-refractivity contribution is 0.517. The van der Waals surface area contributed by atoms with Crippen LogP contribution in [0.5, 0.6) is 0 Å². The summed E-state index contributed by atoms with van der Waals surface area (Å²) in [4.78, 5) is 3.10. The van der Waals surface area contributed by atoms with Crippen LogP contribution < -0.4 is 5.73 Å². The standard InChI is InChI=1S/C12H15FN2/c1-7(2)12(14)10-6-15-11-4-3-8(13)5-9(10)11/h3-7,12,15H,14H2,1-2H3. The van der Waals surface area contributed by atoms with E-state index in [1.165, 1.54) is 12.1 Å². The number of aromatic amines is 1. The molecule has 0 fully saturated rings. The van der Waals surface area contributed by atoms with E-state index in [-0.39, 0.29) is 11.9 Å². The molecule has 80 valence electrons. The molecule has 1 unspecified atom stereocenters. The van der Waals surface area contributed by atoms with Crippen LogP contribution in [0, 0.1) is 11.7 Å². The van der Waals surface area contributed by atoms with E-state index < -0.39 is 0 Å². The van der Waals surface area contributed by atoms with Gasteiger partial charge in [-0.2, -0.15) is 0 Å². The smallest absolute Gasteiger partial charge is 0.123 e. The zero-order chi connectivity index (χ0) is 11.0. The number of nitrogens with two attached hydrogens (primary N) is 1. The fourth-order valence-electron chi connectivity index (χ4n) is 1.75. The molecule has 1 aromatic heterocycles. The van der Waals surface area contributed by atoms with E-state index in [0.717, 1.165) is 16.5 Å². The number of rotatable bonds is 2. The van der Waals surface area contributed by atoms with Crippen molar-refractivity contribution in [3.05, 3.63) is 35.8 Å². The molecule has 2 aromatic rings. The quantitative estimate of drug-likeness (QED) is 0.779. The van der Waals surface area contributed by atoms with E-state index in [4.69, 9.17) is 5.73 Å². The zero-order valence-electron chi connectivity index (χ0n) is 8.92. The number of benzene rings is 1. The minimum atomic E-state index is -0.223. The third-order valence-electron chi connectivity index (χ3n) is 2.75. The summed E-state index contributed by atoms with van der Waals surface area (Å²) in [5.74, 6) is 0.117. The summed E-state index contributed by atoms with van der Waals surface area (Å²) in [7, 11) is 0. The van der Waals surface area contributed by atoms with E-state index in [0.29, 0.717) is 5.92 Å². The third-order valence-corrected chi connectivity index (χ3v) is 2.75. The molecule has 3 N–H and O–H groups in total. The summed E-state index contributed by atoms with van der Waals surface area (Å²) in [6.45, 7) is 4.12. The highest BCUT2D eigenvalue weighted by Crippen LogP contribution is 2.27. The van der Waals surface area contributed by atoms with Gasteiger partial charge in [-0.05, 0) is 29.7 Å². The molecule has 0 amide bonds. The van der Waals surface area contributed by atoms with Crippen LogP contribution in [0.1, 0.15) is 25.5 Å². The summed E-state index contributed by atoms with van der Waals surface area (Å²) in [6.07, 6.45) is 1.87. The molecule has 3 heteroatoms. The van der Waals surface area contributed by atoms with Gasteiger partial charge in [0.1, 0.15) is 5.82 Å². The van der Waals surface area contributed by atoms with Gasteiger partial charge in [-0.1, -0.05) is 13.8 Å². The van der Waals surface area contributed by atoms with Crippen LogP contribution in [-0.2, 0) is 0 Å². The number of hydrogen-bond acceptors (Lipinski definition) is 1. The molecule has 1 atom stereocenters. The van der Waals surface area contributed by atoms with Crippen LogP contribution in [0.4, 0.5) is 4.39 Å². The summed E-state index contributed by atoms with van der Waals surface area (Å²) in [5.41, 5.74) is 7.97. The molecule has 0 aliphatic heterocycles. The lowest BCUT2D eigenvalue weighted by Gasteiger charge is -2.14. The minimum absolute atomic E-state index is 0.0550. The predicted octanol–water partition coefficient (Wildman–Crippen LogP) is 2.96. The zero-order valence-corrected chi connectivity index (χ0v) is 8.92. The first-order valence-electron chi connectivity index (χ1n) is 5.11. The molecule has 0 aliphatic rings. The van der Waals surface area contributed by atoms with Crippen molar-refractivity contribution in [3.63, 3.8) is 0 Å². The van der Waals surface area contributed by atoms with Crippen molar-refractivity contribution < 1.29 is 4.39 Å². The van der Waals surface area contributed by atoms with E-state index in [9.17, 15) is 4.39 Å². The molecule has 1 aromatic carbocycles. The normalized spacial score (nSPS) is 13.7. The topological polar surface area (TPSA) is 41.8 Å². The molecule has 15 heavy (non-hydrogen) atoms. The molecule has 0 aliphatic carbocycles. The number of nitrogens with one attached hydrogen (secondary N) is 1. The number of halogens is 1. The number of aromatic nitrogens is 1. The van der Waals surface area contributed by atoms with Crippen LogP contribution >= 0.6 is 0 Å². The van der Waals surface area contributed by atoms with E-state index in [2.05, 4.69) is 18.8 Å². The van der Waals surface area contributed by atoms with Crippen molar-refractivity contribution >= 4 is 10.9 Å². The summed E-state index contributed by atoms with van der Waals surface area (Å²) in [5, 5.41) is 0.885. The van der Waals surface area contributed by atoms with Gasteiger partial charge in [0.25, 0.3) is 0 Å². The second kappa shape index (κ2) is 3.66. The van der Waals surface area contributed by atoms with Gasteiger partial charge in [0.2, 0.25) is 0 Å². The van der Waals surface area contributed by atoms with Gasteiger partial charge in [0.05, 0.1) is 0 Å². The van der Waals surface area contributed by atoms with Gasteiger partial charge in [-0.3, -0.25) is 0 Å². The Morgan fingerprint density at radius 3 is 2.73 bits per heavy atom. The van der Waals surface area contributed by atoms with Crippen LogP contribution in [0.3, 0.4) is 0 Å². The second-order valence-corrected chi connectivity index (χ2v) is 4.20. The van der Waals surface area contributed by atoms with Gasteiger partial charge in [-0.15, -0.1) is 0 Å². The molecule has 0 saturated heterocycles. The average Bonchev–Trinajstić information content (AvgIpc) is 2.59. The Hall–Kier alpha value is -1.35. The lowest BCUT2D eigenvalue weighted by Crippen LogP contribution is -2.16. The monoisotopic (exact) mass is 206 g/mol. The summed E-state index contributed by atoms with van der Waals surface area (Å²) in [6, 6.07) is 4.66. The molecule has 0 saturated carbocycles. The second-order valence-electron chi connectivity index (χ2n) is 4.20. The van der Waals surface area contributed by atoms with Gasteiger partial charge in [0, 0.05) is 23.1 Å². The van der Waals surface area contributed by atoms with E-state index >= 15 is 0 Å². The molecule has 1 heterocycles. The van der Waals surface area contributed by atoms with Crippen molar-refractivity contribution in [1.82, 2.24) is 4.98 Å². The molecule has 0 radical (unpaired) electrons. The van der Waals surface area contributed by atoms with Crippen molar-refractivity contribution in [3.8, 4) is 0 Å². The Morgan fingerprint density at radius 1 is 1.33 bits per heavy atom. The highest BCUT2D eigenvalue weighted by atomic mass is 19.1. The van der Waals surface area contributed by atoms with E-state index in [1.54, 1.807) is 6.07 Å². The number of fused-ring (bicyclic) bond motifs is 1. The fraction of sp³-hybridized carbons (Fsp3) is 0.333. The van der Waals surface area contributed by atoms with Gasteiger partial charge in [0.15, 0.2) is 0 Å². The van der Waals surface area contributed by atoms with Crippen molar-refractivity contribution in [2.45, 2.75) is 19.9 Å². The van der Waals surface area contributed by atoms with Gasteiger partial charge >= 0.3 is 0 Å². The van der Waals surface area contributed by atoms with E-state index in [1.807, 2.05) is 6.20 Å². The van der Waals surface area contributed by atoms with Crippen LogP contribution in [0.25, 0.3) is 10.9 Å². The summed E-state index contributed by atoms with van der Waals surface area (Å²) < 4.78 is 13.1. The highest BCUT2D eigenvalue weighted by Gasteiger charge is 2.15. The molecule has 0 bridgehead atoms. The third kappa shape index (κ3) is 1.75. The largest absolute Gasteiger partial charge is 0.361 e. The molecular formula is C12H15FN2. The van der Waals surface area contributed by atoms with Crippen molar-refractivity contribution in [2.24, 2.45) is 11.7 Å². The minimum Gasteiger partial charge on any atom is -0.361 e. The fourth-order valence-corrected chi connectivity index (χ4v) is 1.75. The van der Waals surface area contributed by atoms with Crippen LogP contribution in [-0.4, -0.2) is 4.98 Å². The first-order valence-corrected chi connectivity index (χ1v) is 5.11. The van der Waals surface area contributed by atoms with Crippen LogP contribution in [0.2, 0.25) is 0 Å². The SMILES string of the molecule is CC(C)C(N)c1c[nH]c2ccc(F)cc12. The Bertz CT molecular complexity index is 473. The van der Waals surface area contributed by atoms with Crippen LogP contribution in [0.15, 0.2) is 24.4 Å². The molecular weight excluding hydrogens is 191 g/mol. The first kappa shape index (κ1) is 10.2. The summed E-state index contributed by atoms with van der Waals surface area (Å²) >= 11 is 0.